The number of nitrogens with two attached hydrogens (primary N) is 1. The molecule has 0 radical (unpaired) electrons. The molecule has 0 aliphatic rings. The van der Waals surface area contributed by atoms with E-state index in [-0.39, 0.29) is 23.8 Å². The van der Waals surface area contributed by atoms with Crippen LogP contribution >= 0.6 is 0 Å². The number of nitrogens with one attached hydrogen (secondary N) is 2. The monoisotopic (exact) mass is 567 g/mol. The van der Waals surface area contributed by atoms with Crippen molar-refractivity contribution in [2.45, 2.75) is 45.2 Å². The summed E-state index contributed by atoms with van der Waals surface area (Å²) >= 11 is 0. The number of rotatable bonds is 13. The lowest BCUT2D eigenvalue weighted by molar-refractivity contribution is -0.139. The smallest absolute Gasteiger partial charge is 0.326 e. The van der Waals surface area contributed by atoms with Gasteiger partial charge in [0.05, 0.1) is 18.3 Å². The Morgan fingerprint density at radius 3 is 2.29 bits per heavy atom. The van der Waals surface area contributed by atoms with Gasteiger partial charge in [0, 0.05) is 12.0 Å². The van der Waals surface area contributed by atoms with E-state index >= 15 is 0 Å². The molecule has 4 aromatic rings. The van der Waals surface area contributed by atoms with Crippen molar-refractivity contribution in [3.05, 3.63) is 108 Å². The molecule has 42 heavy (non-hydrogen) atoms. The summed E-state index contributed by atoms with van der Waals surface area (Å²) in [4.78, 5) is 38.1. The lowest BCUT2D eigenvalue weighted by atomic mass is 10.0. The Morgan fingerprint density at radius 1 is 0.857 bits per heavy atom. The van der Waals surface area contributed by atoms with Gasteiger partial charge in [0.1, 0.15) is 11.8 Å². The molecule has 218 valence electrons. The van der Waals surface area contributed by atoms with Crippen LogP contribution in [-0.4, -0.2) is 41.6 Å². The Labute approximate surface area is 245 Å². The van der Waals surface area contributed by atoms with Crippen molar-refractivity contribution >= 4 is 34.2 Å². The molecule has 0 bridgehead atoms. The van der Waals surface area contributed by atoms with Gasteiger partial charge in [-0.15, -0.1) is 0 Å². The van der Waals surface area contributed by atoms with Gasteiger partial charge >= 0.3 is 5.97 Å². The van der Waals surface area contributed by atoms with E-state index in [0.717, 1.165) is 21.9 Å². The molecule has 4 aromatic carbocycles. The van der Waals surface area contributed by atoms with Crippen LogP contribution in [0.2, 0.25) is 0 Å². The summed E-state index contributed by atoms with van der Waals surface area (Å²) in [5, 5.41) is 17.4. The third kappa shape index (κ3) is 8.41. The van der Waals surface area contributed by atoms with Crippen molar-refractivity contribution in [2.75, 3.05) is 11.9 Å². The fraction of sp³-hybridized carbons (Fsp3) is 0.265. The fourth-order valence-electron chi connectivity index (χ4n) is 4.51. The van der Waals surface area contributed by atoms with Crippen LogP contribution in [0.25, 0.3) is 10.8 Å². The molecule has 5 N–H and O–H groups in total. The van der Waals surface area contributed by atoms with E-state index in [1.807, 2.05) is 86.6 Å². The maximum absolute atomic E-state index is 13.2. The Kier molecular flexibility index (Phi) is 10.3. The van der Waals surface area contributed by atoms with Gasteiger partial charge in [-0.3, -0.25) is 9.59 Å². The normalized spacial score (nSPS) is 12.5. The van der Waals surface area contributed by atoms with Crippen molar-refractivity contribution in [3.63, 3.8) is 0 Å². The lowest BCUT2D eigenvalue weighted by Crippen LogP contribution is -2.42. The van der Waals surface area contributed by atoms with Crippen molar-refractivity contribution < 1.29 is 24.2 Å². The molecule has 0 unspecified atom stereocenters. The molecule has 0 aliphatic carbocycles. The van der Waals surface area contributed by atoms with E-state index in [9.17, 15) is 19.5 Å². The zero-order chi connectivity index (χ0) is 30.1. The Morgan fingerprint density at radius 2 is 1.57 bits per heavy atom. The molecule has 0 spiro atoms. The van der Waals surface area contributed by atoms with Crippen molar-refractivity contribution in [3.8, 4) is 5.75 Å². The van der Waals surface area contributed by atoms with Gasteiger partial charge in [-0.2, -0.15) is 0 Å². The van der Waals surface area contributed by atoms with E-state index in [4.69, 9.17) is 10.5 Å². The van der Waals surface area contributed by atoms with Gasteiger partial charge in [-0.25, -0.2) is 4.79 Å². The number of carbonyl (C=O) groups excluding carboxylic acids is 2. The number of hydrogen-bond acceptors (Lipinski definition) is 5. The summed E-state index contributed by atoms with van der Waals surface area (Å²) in [5.41, 5.74) is 8.66. The Hall–Kier alpha value is -4.69. The molecular weight excluding hydrogens is 530 g/mol. The third-order valence-corrected chi connectivity index (χ3v) is 6.85. The molecule has 0 aromatic heterocycles. The maximum atomic E-state index is 13.2. The highest BCUT2D eigenvalue weighted by Crippen LogP contribution is 2.27. The van der Waals surface area contributed by atoms with Crippen molar-refractivity contribution in [1.29, 1.82) is 0 Å². The van der Waals surface area contributed by atoms with Crippen molar-refractivity contribution in [1.82, 2.24) is 5.32 Å². The molecule has 0 saturated carbocycles. The van der Waals surface area contributed by atoms with Crippen LogP contribution in [0.15, 0.2) is 91.0 Å². The van der Waals surface area contributed by atoms with Crippen molar-refractivity contribution in [2.24, 2.45) is 11.7 Å². The highest BCUT2D eigenvalue weighted by molar-refractivity contribution is 6.00. The maximum Gasteiger partial charge on any atom is 0.326 e. The number of aryl methyl sites for hydroxylation is 1. The molecule has 2 amide bonds. The first kappa shape index (κ1) is 30.3. The van der Waals surface area contributed by atoms with Gasteiger partial charge in [0.25, 0.3) is 5.91 Å². The molecule has 8 heteroatoms. The number of carboxylic acids is 1. The number of amides is 2. The Balaban J connectivity index is 1.46. The molecule has 4 rings (SSSR count). The summed E-state index contributed by atoms with van der Waals surface area (Å²) in [6.07, 6.45) is 1.25. The molecule has 0 fully saturated rings. The van der Waals surface area contributed by atoms with E-state index in [1.54, 1.807) is 6.07 Å². The first-order valence-corrected chi connectivity index (χ1v) is 14.1. The van der Waals surface area contributed by atoms with Crippen LogP contribution in [-0.2, 0) is 22.4 Å². The molecule has 8 nitrogen and oxygen atoms in total. The standard InChI is InChI=1S/C34H37N3O5/c1-22(2)21-42-31-20-27(15-17-29(31)36-33(39)28(35)16-13-23-8-4-3-5-9-23)32(38)37-30(34(40)41)19-24-12-14-25-10-6-7-11-26(25)18-24/h3-12,14-15,17-18,20,22,28,30H,13,16,19,21,35H2,1-2H3,(H,36,39)(H,37,38)(H,40,41)/t28-,30-/m0/s1. The number of aliphatic carboxylic acids is 1. The topological polar surface area (TPSA) is 131 Å². The summed E-state index contributed by atoms with van der Waals surface area (Å²) in [6.45, 7) is 4.32. The predicted octanol–water partition coefficient (Wildman–Crippen LogP) is 5.20. The van der Waals surface area contributed by atoms with Crippen LogP contribution in [0.5, 0.6) is 5.75 Å². The molecule has 0 saturated heterocycles. The second kappa shape index (κ2) is 14.3. The molecule has 2 atom stereocenters. The van der Waals surface area contributed by atoms with Crippen LogP contribution < -0.4 is 21.1 Å². The van der Waals surface area contributed by atoms with Gasteiger partial charge in [0.15, 0.2) is 0 Å². The highest BCUT2D eigenvalue weighted by Gasteiger charge is 2.23. The quantitative estimate of drug-likeness (QED) is 0.176. The van der Waals surface area contributed by atoms with Crippen LogP contribution in [0.1, 0.15) is 41.8 Å². The van der Waals surface area contributed by atoms with Gasteiger partial charge < -0.3 is 26.2 Å². The molecule has 0 heterocycles. The molecule has 0 aliphatic heterocycles. The number of fused-ring (bicyclic) bond motifs is 1. The van der Waals surface area contributed by atoms with Crippen LogP contribution in [0, 0.1) is 5.92 Å². The minimum absolute atomic E-state index is 0.123. The summed E-state index contributed by atoms with van der Waals surface area (Å²) in [5.74, 6) is -1.56. The van der Waals surface area contributed by atoms with Crippen LogP contribution in [0.4, 0.5) is 5.69 Å². The number of anilines is 1. The average molecular weight is 568 g/mol. The predicted molar refractivity (Wildman–Crippen MR) is 165 cm³/mol. The summed E-state index contributed by atoms with van der Waals surface area (Å²) in [6, 6.07) is 26.1. The van der Waals surface area contributed by atoms with Gasteiger partial charge in [-0.1, -0.05) is 86.6 Å². The lowest BCUT2D eigenvalue weighted by Gasteiger charge is -2.18. The first-order valence-electron chi connectivity index (χ1n) is 14.1. The van der Waals surface area contributed by atoms with E-state index in [1.165, 1.54) is 12.1 Å². The minimum atomic E-state index is -1.14. The van der Waals surface area contributed by atoms with E-state index in [0.29, 0.717) is 30.9 Å². The van der Waals surface area contributed by atoms with E-state index < -0.39 is 24.0 Å². The number of carboxylic acid groups (broad SMARTS) is 1. The van der Waals surface area contributed by atoms with Crippen LogP contribution in [0.3, 0.4) is 0 Å². The largest absolute Gasteiger partial charge is 0.491 e. The first-order chi connectivity index (χ1) is 20.2. The SMILES string of the molecule is CC(C)COc1cc(C(=O)N[C@@H](Cc2ccc3ccccc3c2)C(=O)O)ccc1NC(=O)[C@@H](N)CCc1ccccc1. The summed E-state index contributed by atoms with van der Waals surface area (Å²) < 4.78 is 5.94. The second-order valence-corrected chi connectivity index (χ2v) is 10.8. The van der Waals surface area contributed by atoms with Gasteiger partial charge in [-0.05, 0) is 58.9 Å². The fourth-order valence-corrected chi connectivity index (χ4v) is 4.51. The highest BCUT2D eigenvalue weighted by atomic mass is 16.5. The minimum Gasteiger partial charge on any atom is -0.491 e. The number of benzene rings is 4. The average Bonchev–Trinajstić information content (AvgIpc) is 2.99. The number of ether oxygens (including phenoxy) is 1. The zero-order valence-electron chi connectivity index (χ0n) is 23.9. The zero-order valence-corrected chi connectivity index (χ0v) is 23.9. The second-order valence-electron chi connectivity index (χ2n) is 10.8. The molecular formula is C34H37N3O5. The third-order valence-electron chi connectivity index (χ3n) is 6.85. The summed E-state index contributed by atoms with van der Waals surface area (Å²) in [7, 11) is 0. The number of hydrogen-bond donors (Lipinski definition) is 4. The number of carbonyl (C=O) groups is 3. The van der Waals surface area contributed by atoms with Gasteiger partial charge in [0.2, 0.25) is 5.91 Å². The Bertz CT molecular complexity index is 1540. The van der Waals surface area contributed by atoms with E-state index in [2.05, 4.69) is 10.6 Å².